The van der Waals surface area contributed by atoms with Crippen LogP contribution < -0.4 is 21.4 Å². The smallest absolute Gasteiger partial charge is 0.203 e. The first-order valence-electron chi connectivity index (χ1n) is 12.9. The predicted molar refractivity (Wildman–Crippen MR) is 149 cm³/mol. The van der Waals surface area contributed by atoms with E-state index in [1.54, 1.807) is 23.6 Å². The molecule has 0 radical (unpaired) electrons. The number of aliphatic imine (C=N–C) groups is 1. The molecule has 8 nitrogen and oxygen atoms in total. The summed E-state index contributed by atoms with van der Waals surface area (Å²) in [6, 6.07) is 6.63. The Morgan fingerprint density at radius 2 is 2.26 bits per heavy atom. The Hall–Kier alpha value is -3.76. The summed E-state index contributed by atoms with van der Waals surface area (Å²) < 4.78 is 15.4. The third kappa shape index (κ3) is 4.65. The van der Waals surface area contributed by atoms with Crippen molar-refractivity contribution >= 4 is 27.9 Å². The molecule has 6 N–H and O–H groups in total. The minimum Gasteiger partial charge on any atom is -0.404 e. The van der Waals surface area contributed by atoms with E-state index in [0.717, 1.165) is 57.3 Å². The van der Waals surface area contributed by atoms with E-state index in [1.807, 2.05) is 16.8 Å². The van der Waals surface area contributed by atoms with E-state index in [0.29, 0.717) is 19.5 Å². The molecule has 6 rings (SSSR count). The zero-order valence-electron chi connectivity index (χ0n) is 21.2. The lowest BCUT2D eigenvalue weighted by molar-refractivity contribution is -0.474. The number of amidine groups is 1. The van der Waals surface area contributed by atoms with Crippen LogP contribution in [0.2, 0.25) is 0 Å². The van der Waals surface area contributed by atoms with Crippen molar-refractivity contribution in [3.05, 3.63) is 82.6 Å². The molecular weight excluding hydrogens is 501 g/mol. The molecule has 1 aromatic carbocycles. The molecule has 38 heavy (non-hydrogen) atoms. The zero-order chi connectivity index (χ0) is 26.2. The highest BCUT2D eigenvalue weighted by Gasteiger charge is 2.33. The van der Waals surface area contributed by atoms with Gasteiger partial charge in [0, 0.05) is 46.5 Å². The van der Waals surface area contributed by atoms with Gasteiger partial charge in [0.1, 0.15) is 22.8 Å². The van der Waals surface area contributed by atoms with Gasteiger partial charge >= 0.3 is 0 Å². The summed E-state index contributed by atoms with van der Waals surface area (Å²) in [6.07, 6.45) is 10.3. The summed E-state index contributed by atoms with van der Waals surface area (Å²) in [5.74, 6) is 0.659. The molecule has 0 saturated carbocycles. The number of allylic oxidation sites excluding steroid dienone is 1. The highest BCUT2D eigenvalue weighted by molar-refractivity contribution is 7.20. The molecule has 0 fully saturated rings. The van der Waals surface area contributed by atoms with Gasteiger partial charge in [-0.1, -0.05) is 18.2 Å². The number of nitrogens with one attached hydrogen (secondary N) is 3. The van der Waals surface area contributed by atoms with Crippen LogP contribution in [-0.2, 0) is 25.9 Å². The summed E-state index contributed by atoms with van der Waals surface area (Å²) in [7, 11) is 0. The second-order valence-electron chi connectivity index (χ2n) is 9.79. The van der Waals surface area contributed by atoms with Gasteiger partial charge in [-0.25, -0.2) is 14.4 Å². The van der Waals surface area contributed by atoms with Crippen molar-refractivity contribution in [2.75, 3.05) is 11.9 Å². The number of benzene rings is 1. The predicted octanol–water partition coefficient (Wildman–Crippen LogP) is 1.84. The Morgan fingerprint density at radius 3 is 3.08 bits per heavy atom. The first kappa shape index (κ1) is 24.6. The van der Waals surface area contributed by atoms with Crippen molar-refractivity contribution in [3.8, 4) is 10.4 Å². The molecule has 2 unspecified atom stereocenters. The molecule has 0 amide bonds. The van der Waals surface area contributed by atoms with Crippen LogP contribution >= 0.6 is 11.3 Å². The highest BCUT2D eigenvalue weighted by atomic mass is 32.1. The number of hydrogen-bond donors (Lipinski definition) is 5. The highest BCUT2D eigenvalue weighted by Crippen LogP contribution is 2.46. The van der Waals surface area contributed by atoms with Gasteiger partial charge in [0.25, 0.3) is 0 Å². The Bertz CT molecular complexity index is 1500. The van der Waals surface area contributed by atoms with Crippen LogP contribution in [0.15, 0.2) is 59.4 Å². The SMILES string of the molecule is CC1N=C(NC2C=CC(=[NH+]Cc3cccc(F)c3)C(=CN)C2)c2c(sc3c2CCc2nn(CCO)cc2-3)N1. The molecule has 0 saturated heterocycles. The normalized spacial score (nSPS) is 22.0. The fourth-order valence-electron chi connectivity index (χ4n) is 5.34. The van der Waals surface area contributed by atoms with Crippen molar-refractivity contribution in [1.29, 1.82) is 0 Å². The maximum atomic E-state index is 13.6. The van der Waals surface area contributed by atoms with E-state index in [1.165, 1.54) is 22.6 Å². The van der Waals surface area contributed by atoms with Crippen molar-refractivity contribution in [1.82, 2.24) is 15.1 Å². The topological polar surface area (TPSA) is 114 Å². The van der Waals surface area contributed by atoms with E-state index in [4.69, 9.17) is 10.7 Å². The second kappa shape index (κ2) is 10.2. The summed E-state index contributed by atoms with van der Waals surface area (Å²) in [4.78, 5) is 9.57. The van der Waals surface area contributed by atoms with Gasteiger partial charge in [0.05, 0.1) is 30.5 Å². The first-order chi connectivity index (χ1) is 18.5. The minimum atomic E-state index is -0.241. The Labute approximate surface area is 224 Å². The largest absolute Gasteiger partial charge is 0.404 e. The van der Waals surface area contributed by atoms with Crippen molar-refractivity contribution in [2.24, 2.45) is 10.7 Å². The molecule has 196 valence electrons. The maximum absolute atomic E-state index is 13.6. The molecular formula is C28H31FN7OS+. The number of aryl methyl sites for hydroxylation is 1. The second-order valence-corrected chi connectivity index (χ2v) is 10.8. The third-order valence-corrected chi connectivity index (χ3v) is 8.30. The van der Waals surface area contributed by atoms with E-state index in [9.17, 15) is 9.50 Å². The fraction of sp³-hybridized carbons (Fsp3) is 0.321. The van der Waals surface area contributed by atoms with Crippen molar-refractivity contribution < 1.29 is 14.5 Å². The Kier molecular flexibility index (Phi) is 6.59. The van der Waals surface area contributed by atoms with Gasteiger partial charge < -0.3 is 21.5 Å². The molecule has 0 bridgehead atoms. The average Bonchev–Trinajstić information content (AvgIpc) is 3.49. The van der Waals surface area contributed by atoms with Crippen LogP contribution in [0, 0.1) is 5.82 Å². The summed E-state index contributed by atoms with van der Waals surface area (Å²) in [5, 5.41) is 22.4. The van der Waals surface area contributed by atoms with Crippen molar-refractivity contribution in [3.63, 3.8) is 0 Å². The Morgan fingerprint density at radius 1 is 1.37 bits per heavy atom. The number of aliphatic hydroxyl groups excluding tert-OH is 1. The van der Waals surface area contributed by atoms with Gasteiger partial charge in [-0.15, -0.1) is 11.3 Å². The summed E-state index contributed by atoms with van der Waals surface area (Å²) in [6.45, 7) is 3.14. The van der Waals surface area contributed by atoms with Gasteiger partial charge in [-0.3, -0.25) is 4.68 Å². The van der Waals surface area contributed by atoms with Crippen molar-refractivity contribution in [2.45, 2.75) is 51.5 Å². The first-order valence-corrected chi connectivity index (χ1v) is 13.7. The number of nitrogens with two attached hydrogens (primary N) is 1. The third-order valence-electron chi connectivity index (χ3n) is 7.11. The monoisotopic (exact) mass is 532 g/mol. The van der Waals surface area contributed by atoms with Gasteiger partial charge in [-0.05, 0) is 37.5 Å². The molecule has 2 aliphatic carbocycles. The number of hydrogen-bond acceptors (Lipinski definition) is 7. The maximum Gasteiger partial charge on any atom is 0.203 e. The van der Waals surface area contributed by atoms with Crippen LogP contribution in [0.4, 0.5) is 9.39 Å². The van der Waals surface area contributed by atoms with Crippen LogP contribution in [0.3, 0.4) is 0 Å². The molecule has 2 atom stereocenters. The lowest BCUT2D eigenvalue weighted by Crippen LogP contribution is -2.71. The molecule has 10 heteroatoms. The average molecular weight is 533 g/mol. The number of thiophene rings is 1. The van der Waals surface area contributed by atoms with E-state index < -0.39 is 0 Å². The quantitative estimate of drug-likeness (QED) is 0.344. The number of fused-ring (bicyclic) bond motifs is 5. The van der Waals surface area contributed by atoms with Crippen LogP contribution in [-0.4, -0.2) is 45.2 Å². The van der Waals surface area contributed by atoms with Crippen LogP contribution in [0.5, 0.6) is 0 Å². The standard InChI is InChI=1S/C28H30FN7OS/c1-16-32-27(25-21-6-8-24-22(15-36(35-24)9-10-37)26(21)38-28(25)33-16)34-20-5-7-23(18(12-20)13-30)31-14-17-3-2-4-19(29)11-17/h2-5,7,11,13,15-16,20,33,37H,6,8-10,12,14,30H2,1H3,(H,32,34)/p+1. The number of anilines is 1. The van der Waals surface area contributed by atoms with E-state index in [-0.39, 0.29) is 24.6 Å². The summed E-state index contributed by atoms with van der Waals surface area (Å²) >= 11 is 1.75. The molecule has 0 spiro atoms. The van der Waals surface area contributed by atoms with Crippen LogP contribution in [0.1, 0.15) is 35.7 Å². The van der Waals surface area contributed by atoms with E-state index >= 15 is 0 Å². The number of rotatable bonds is 5. The fourth-order valence-corrected chi connectivity index (χ4v) is 6.71. The molecule has 3 aliphatic rings. The lowest BCUT2D eigenvalue weighted by atomic mass is 9.92. The van der Waals surface area contributed by atoms with Gasteiger partial charge in [0.15, 0.2) is 6.54 Å². The summed E-state index contributed by atoms with van der Waals surface area (Å²) in [5.41, 5.74) is 13.5. The lowest BCUT2D eigenvalue weighted by Gasteiger charge is -2.27. The molecule has 3 heterocycles. The molecule has 3 aromatic rings. The Balaban J connectivity index is 1.25. The molecule has 2 aromatic heterocycles. The molecule has 1 aliphatic heterocycles. The van der Waals surface area contributed by atoms with E-state index in [2.05, 4.69) is 39.9 Å². The zero-order valence-corrected chi connectivity index (χ0v) is 22.0. The number of halogens is 1. The van der Waals surface area contributed by atoms with Crippen LogP contribution in [0.25, 0.3) is 10.4 Å². The number of nitrogens with zero attached hydrogens (tertiary/aromatic N) is 3. The number of aromatic nitrogens is 2. The van der Waals surface area contributed by atoms with Gasteiger partial charge in [-0.2, -0.15) is 5.10 Å². The number of aliphatic hydroxyl groups is 1. The minimum absolute atomic E-state index is 0.0309. The van der Waals surface area contributed by atoms with Gasteiger partial charge in [0.2, 0.25) is 5.71 Å².